The lowest BCUT2D eigenvalue weighted by atomic mass is 10.1. The number of amides is 1. The topological polar surface area (TPSA) is 64.3 Å². The summed E-state index contributed by atoms with van der Waals surface area (Å²) in [5.74, 6) is 0.605. The Morgan fingerprint density at radius 2 is 1.95 bits per heavy atom. The summed E-state index contributed by atoms with van der Waals surface area (Å²) in [7, 11) is 0. The van der Waals surface area contributed by atoms with Crippen molar-refractivity contribution in [2.24, 2.45) is 5.73 Å². The van der Waals surface area contributed by atoms with E-state index in [2.05, 4.69) is 5.32 Å². The highest BCUT2D eigenvalue weighted by atomic mass is 32.1. The fourth-order valence-corrected chi connectivity index (χ4v) is 2.19. The van der Waals surface area contributed by atoms with Crippen LogP contribution in [0.25, 0.3) is 0 Å². The first-order valence-electron chi connectivity index (χ1n) is 7.00. The van der Waals surface area contributed by atoms with Gasteiger partial charge in [0, 0.05) is 17.7 Å². The molecule has 22 heavy (non-hydrogen) atoms. The molecule has 4 nitrogen and oxygen atoms in total. The molecule has 2 aromatic rings. The van der Waals surface area contributed by atoms with Crippen molar-refractivity contribution in [3.05, 3.63) is 59.7 Å². The van der Waals surface area contributed by atoms with Gasteiger partial charge in [-0.15, -0.1) is 0 Å². The van der Waals surface area contributed by atoms with Crippen LogP contribution in [0.15, 0.2) is 48.5 Å². The van der Waals surface area contributed by atoms with Gasteiger partial charge in [-0.25, -0.2) is 0 Å². The number of nitrogens with two attached hydrogens (primary N) is 1. The molecule has 0 fully saturated rings. The summed E-state index contributed by atoms with van der Waals surface area (Å²) in [6.45, 7) is 2.54. The smallest absolute Gasteiger partial charge is 0.255 e. The summed E-state index contributed by atoms with van der Waals surface area (Å²) in [5.41, 5.74) is 7.74. The summed E-state index contributed by atoms with van der Waals surface area (Å²) in [6, 6.07) is 14.5. The first kappa shape index (κ1) is 16.0. The fraction of sp³-hybridized carbons (Fsp3) is 0.176. The van der Waals surface area contributed by atoms with Crippen molar-refractivity contribution in [3.63, 3.8) is 0 Å². The zero-order valence-corrected chi connectivity index (χ0v) is 13.2. The van der Waals surface area contributed by atoms with Gasteiger partial charge in [0.05, 0.1) is 11.6 Å². The molecule has 0 bridgehead atoms. The van der Waals surface area contributed by atoms with Crippen LogP contribution in [0, 0.1) is 0 Å². The maximum atomic E-state index is 12.3. The highest BCUT2D eigenvalue weighted by molar-refractivity contribution is 7.80. The molecule has 0 aromatic heterocycles. The highest BCUT2D eigenvalue weighted by Gasteiger charge is 2.07. The number of ether oxygens (including phenoxy) is 1. The minimum atomic E-state index is -0.172. The lowest BCUT2D eigenvalue weighted by Gasteiger charge is -2.08. The Kier molecular flexibility index (Phi) is 5.49. The molecule has 0 atom stereocenters. The largest absolute Gasteiger partial charge is 0.494 e. The zero-order valence-electron chi connectivity index (χ0n) is 12.3. The Labute approximate surface area is 135 Å². The first-order chi connectivity index (χ1) is 10.6. The second-order valence-electron chi connectivity index (χ2n) is 4.75. The third kappa shape index (κ3) is 4.56. The van der Waals surface area contributed by atoms with E-state index in [0.29, 0.717) is 29.3 Å². The second-order valence-corrected chi connectivity index (χ2v) is 5.28. The molecule has 0 aliphatic carbocycles. The number of nitrogens with one attached hydrogen (secondary N) is 1. The predicted molar refractivity (Wildman–Crippen MR) is 92.5 cm³/mol. The molecular formula is C17H18N2O2S. The Bertz CT molecular complexity index is 669. The molecule has 5 heteroatoms. The molecule has 2 aromatic carbocycles. The fourth-order valence-electron chi connectivity index (χ4n) is 2.03. The molecular weight excluding hydrogens is 296 g/mol. The number of carbonyl (C=O) groups is 1. The molecule has 114 valence electrons. The van der Waals surface area contributed by atoms with Crippen LogP contribution in [0.3, 0.4) is 0 Å². The molecule has 0 radical (unpaired) electrons. The third-order valence-corrected chi connectivity index (χ3v) is 3.14. The van der Waals surface area contributed by atoms with Gasteiger partial charge in [-0.3, -0.25) is 4.79 Å². The summed E-state index contributed by atoms with van der Waals surface area (Å²) in [4.78, 5) is 12.7. The molecule has 0 spiro atoms. The van der Waals surface area contributed by atoms with Gasteiger partial charge in [0.1, 0.15) is 5.75 Å². The maximum Gasteiger partial charge on any atom is 0.255 e. The summed E-state index contributed by atoms with van der Waals surface area (Å²) in [6.07, 6.45) is 0.486. The van der Waals surface area contributed by atoms with Crippen LogP contribution in [0.2, 0.25) is 0 Å². The van der Waals surface area contributed by atoms with Crippen molar-refractivity contribution in [2.45, 2.75) is 13.3 Å². The standard InChI is InChI=1S/C17H18N2O2S/c1-2-21-15-8-6-14(7-9-15)19-17(20)13-5-3-4-12(10-13)11-16(18)22/h3-10H,2,11H2,1H3,(H2,18,22)(H,19,20). The van der Waals surface area contributed by atoms with Gasteiger partial charge in [0.2, 0.25) is 0 Å². The predicted octanol–water partition coefficient (Wildman–Crippen LogP) is 3.17. The highest BCUT2D eigenvalue weighted by Crippen LogP contribution is 2.17. The van der Waals surface area contributed by atoms with E-state index in [-0.39, 0.29) is 5.91 Å². The summed E-state index contributed by atoms with van der Waals surface area (Å²) < 4.78 is 5.37. The molecule has 0 heterocycles. The number of hydrogen-bond acceptors (Lipinski definition) is 3. The lowest BCUT2D eigenvalue weighted by molar-refractivity contribution is 0.102. The van der Waals surface area contributed by atoms with Crippen molar-refractivity contribution in [3.8, 4) is 5.75 Å². The van der Waals surface area contributed by atoms with E-state index in [4.69, 9.17) is 22.7 Å². The number of anilines is 1. The Balaban J connectivity index is 2.06. The minimum Gasteiger partial charge on any atom is -0.494 e. The molecule has 3 N–H and O–H groups in total. The Morgan fingerprint density at radius 1 is 1.23 bits per heavy atom. The van der Waals surface area contributed by atoms with E-state index in [1.165, 1.54) is 0 Å². The average molecular weight is 314 g/mol. The first-order valence-corrected chi connectivity index (χ1v) is 7.40. The Morgan fingerprint density at radius 3 is 2.59 bits per heavy atom. The van der Waals surface area contributed by atoms with E-state index in [1.807, 2.05) is 43.3 Å². The molecule has 0 saturated carbocycles. The van der Waals surface area contributed by atoms with Crippen molar-refractivity contribution in [1.29, 1.82) is 0 Å². The molecule has 1 amide bonds. The lowest BCUT2D eigenvalue weighted by Crippen LogP contribution is -2.14. The van der Waals surface area contributed by atoms with Crippen LogP contribution in [-0.4, -0.2) is 17.5 Å². The number of rotatable bonds is 6. The third-order valence-electron chi connectivity index (χ3n) is 2.99. The van der Waals surface area contributed by atoms with Crippen molar-refractivity contribution in [1.82, 2.24) is 0 Å². The van der Waals surface area contributed by atoms with Crippen LogP contribution < -0.4 is 15.8 Å². The van der Waals surface area contributed by atoms with Gasteiger partial charge < -0.3 is 15.8 Å². The van der Waals surface area contributed by atoms with E-state index in [0.717, 1.165) is 11.3 Å². The summed E-state index contributed by atoms with van der Waals surface area (Å²) in [5, 5.41) is 2.85. The second kappa shape index (κ2) is 7.56. The number of benzene rings is 2. The van der Waals surface area contributed by atoms with Crippen LogP contribution >= 0.6 is 12.2 Å². The molecule has 0 saturated heterocycles. The maximum absolute atomic E-state index is 12.3. The van der Waals surface area contributed by atoms with Crippen LogP contribution in [0.4, 0.5) is 5.69 Å². The molecule has 0 unspecified atom stereocenters. The molecule has 0 aliphatic rings. The quantitative estimate of drug-likeness (QED) is 0.804. The van der Waals surface area contributed by atoms with Gasteiger partial charge in [0.25, 0.3) is 5.91 Å². The van der Waals surface area contributed by atoms with Crippen LogP contribution in [-0.2, 0) is 6.42 Å². The van der Waals surface area contributed by atoms with Crippen molar-refractivity contribution < 1.29 is 9.53 Å². The molecule has 2 rings (SSSR count). The normalized spacial score (nSPS) is 10.0. The van der Waals surface area contributed by atoms with Crippen LogP contribution in [0.1, 0.15) is 22.8 Å². The summed E-state index contributed by atoms with van der Waals surface area (Å²) >= 11 is 4.89. The monoisotopic (exact) mass is 314 g/mol. The van der Waals surface area contributed by atoms with E-state index in [9.17, 15) is 4.79 Å². The average Bonchev–Trinajstić information content (AvgIpc) is 2.49. The minimum absolute atomic E-state index is 0.172. The van der Waals surface area contributed by atoms with E-state index < -0.39 is 0 Å². The zero-order chi connectivity index (χ0) is 15.9. The van der Waals surface area contributed by atoms with E-state index in [1.54, 1.807) is 12.1 Å². The van der Waals surface area contributed by atoms with E-state index >= 15 is 0 Å². The van der Waals surface area contributed by atoms with Gasteiger partial charge in [-0.05, 0) is 48.9 Å². The van der Waals surface area contributed by atoms with Gasteiger partial charge in [0.15, 0.2) is 0 Å². The number of hydrogen-bond donors (Lipinski definition) is 2. The van der Waals surface area contributed by atoms with Crippen LogP contribution in [0.5, 0.6) is 5.75 Å². The van der Waals surface area contributed by atoms with Gasteiger partial charge in [-0.1, -0.05) is 24.4 Å². The molecule has 0 aliphatic heterocycles. The SMILES string of the molecule is CCOc1ccc(NC(=O)c2cccc(CC(N)=S)c2)cc1. The van der Waals surface area contributed by atoms with Crippen molar-refractivity contribution >= 4 is 28.8 Å². The Hall–Kier alpha value is -2.40. The van der Waals surface area contributed by atoms with Gasteiger partial charge >= 0.3 is 0 Å². The number of carbonyl (C=O) groups excluding carboxylic acids is 1. The van der Waals surface area contributed by atoms with Crippen molar-refractivity contribution in [2.75, 3.05) is 11.9 Å². The van der Waals surface area contributed by atoms with Gasteiger partial charge in [-0.2, -0.15) is 0 Å². The number of thiocarbonyl (C=S) groups is 1.